The number of hydrogen-bond donors (Lipinski definition) is 2. The molecule has 0 spiro atoms. The van der Waals surface area contributed by atoms with Gasteiger partial charge in [-0.25, -0.2) is 9.59 Å². The molecule has 0 aliphatic carbocycles. The number of carbonyl (C=O) groups is 2. The van der Waals surface area contributed by atoms with E-state index in [-0.39, 0.29) is 5.92 Å². The van der Waals surface area contributed by atoms with E-state index < -0.39 is 27.5 Å². The number of alkyl carbamates (subject to hydrolysis) is 1. The molecule has 1 amide bonds. The van der Waals surface area contributed by atoms with Crippen LogP contribution in [0.15, 0.2) is 0 Å². The van der Waals surface area contributed by atoms with Crippen molar-refractivity contribution in [1.82, 2.24) is 5.32 Å². The summed E-state index contributed by atoms with van der Waals surface area (Å²) in [7, 11) is 0. The fourth-order valence-electron chi connectivity index (χ4n) is 0.960. The van der Waals surface area contributed by atoms with E-state index in [0.29, 0.717) is 0 Å². The number of aliphatic carboxylic acids is 1. The lowest BCUT2D eigenvalue weighted by molar-refractivity contribution is -0.140. The van der Waals surface area contributed by atoms with Gasteiger partial charge in [0, 0.05) is 0 Å². The second kappa shape index (κ2) is 6.17. The Balaban J connectivity index is 4.66. The molecule has 1 atom stereocenters. The maximum absolute atomic E-state index is 11.6. The zero-order chi connectivity index (χ0) is 14.7. The Bertz CT molecular complexity index is 326. The summed E-state index contributed by atoms with van der Waals surface area (Å²) in [4.78, 5) is 22.4. The van der Waals surface area contributed by atoms with Crippen molar-refractivity contribution in [3.05, 3.63) is 0 Å². The lowest BCUT2D eigenvalue weighted by Crippen LogP contribution is -2.49. The summed E-state index contributed by atoms with van der Waals surface area (Å²) in [6.45, 7) is 6.12. The average molecular weight is 321 g/mol. The summed E-state index contributed by atoms with van der Waals surface area (Å²) in [5.74, 6) is -1.46. The predicted molar refractivity (Wildman–Crippen MR) is 70.2 cm³/mol. The molecule has 0 aromatic heterocycles. The first kappa shape index (κ1) is 17.6. The number of hydrogen-bond acceptors (Lipinski definition) is 3. The van der Waals surface area contributed by atoms with E-state index in [4.69, 9.17) is 44.6 Å². The van der Waals surface area contributed by atoms with Crippen LogP contribution in [0.5, 0.6) is 0 Å². The van der Waals surface area contributed by atoms with Gasteiger partial charge in [-0.2, -0.15) is 0 Å². The third kappa shape index (κ3) is 5.08. The van der Waals surface area contributed by atoms with Crippen LogP contribution in [0.25, 0.3) is 0 Å². The molecule has 5 nitrogen and oxygen atoms in total. The molecule has 0 saturated heterocycles. The molecule has 0 aromatic rings. The molecule has 8 heteroatoms. The maximum Gasteiger partial charge on any atom is 0.408 e. The van der Waals surface area contributed by atoms with Crippen molar-refractivity contribution in [2.24, 2.45) is 5.92 Å². The van der Waals surface area contributed by atoms with Crippen molar-refractivity contribution in [3.8, 4) is 0 Å². The molecule has 0 fully saturated rings. The number of carbonyl (C=O) groups excluding carboxylic acids is 1. The van der Waals surface area contributed by atoms with Crippen molar-refractivity contribution in [2.75, 3.05) is 0 Å². The molecule has 0 bridgehead atoms. The van der Waals surface area contributed by atoms with Gasteiger partial charge in [-0.3, -0.25) is 0 Å². The molecule has 0 aliphatic rings. The Morgan fingerprint density at radius 1 is 1.22 bits per heavy atom. The number of rotatable bonds is 4. The van der Waals surface area contributed by atoms with Crippen LogP contribution in [0.3, 0.4) is 0 Å². The van der Waals surface area contributed by atoms with E-state index in [0.717, 1.165) is 0 Å². The van der Waals surface area contributed by atoms with Gasteiger partial charge in [0.2, 0.25) is 3.79 Å². The monoisotopic (exact) mass is 319 g/mol. The molecule has 2 N–H and O–H groups in total. The molecule has 0 radical (unpaired) electrons. The third-order valence-electron chi connectivity index (χ3n) is 2.24. The number of halogens is 3. The van der Waals surface area contributed by atoms with Crippen molar-refractivity contribution in [1.29, 1.82) is 0 Å². The maximum atomic E-state index is 11.6. The van der Waals surface area contributed by atoms with Gasteiger partial charge in [-0.15, -0.1) is 0 Å². The van der Waals surface area contributed by atoms with Crippen LogP contribution in [0.2, 0.25) is 0 Å². The minimum absolute atomic E-state index is 0.300. The predicted octanol–water partition coefficient (Wildman–Crippen LogP) is 2.97. The van der Waals surface area contributed by atoms with Crippen molar-refractivity contribution in [2.45, 2.75) is 43.1 Å². The molecule has 0 aliphatic heterocycles. The van der Waals surface area contributed by atoms with Crippen LogP contribution < -0.4 is 5.32 Å². The van der Waals surface area contributed by atoms with Crippen molar-refractivity contribution in [3.63, 3.8) is 0 Å². The van der Waals surface area contributed by atoms with Crippen LogP contribution in [0, 0.1) is 5.92 Å². The second-order valence-electron chi connectivity index (χ2n) is 4.60. The van der Waals surface area contributed by atoms with Crippen LogP contribution in [-0.4, -0.2) is 32.6 Å². The Morgan fingerprint density at radius 2 is 1.67 bits per heavy atom. The summed E-state index contributed by atoms with van der Waals surface area (Å²) in [6.07, 6.45) is -0.951. The van der Waals surface area contributed by atoms with E-state index in [1.165, 1.54) is 13.8 Å². The number of nitrogens with one attached hydrogen (secondary N) is 1. The number of carboxylic acids is 1. The van der Waals surface area contributed by atoms with E-state index in [1.54, 1.807) is 13.8 Å². The molecule has 18 heavy (non-hydrogen) atoms. The van der Waals surface area contributed by atoms with Crippen molar-refractivity contribution < 1.29 is 19.4 Å². The number of amides is 1. The Morgan fingerprint density at radius 3 is 1.94 bits per heavy atom. The topological polar surface area (TPSA) is 75.6 Å². The number of carboxylic acid groups (broad SMARTS) is 1. The van der Waals surface area contributed by atoms with Gasteiger partial charge in [0.05, 0.1) is 0 Å². The van der Waals surface area contributed by atoms with Gasteiger partial charge < -0.3 is 15.2 Å². The standard InChI is InChI=1S/C10H16Cl3NO4/c1-5(2)6(7(15)16)14-8(17)18-9(3,4)10(11,12)13/h5-6H,1-4H3,(H,14,17)(H,15,16)/t6-/m0/s1. The minimum atomic E-state index is -1.82. The third-order valence-corrected chi connectivity index (χ3v) is 3.60. The average Bonchev–Trinajstić information content (AvgIpc) is 2.10. The van der Waals surface area contributed by atoms with E-state index in [2.05, 4.69) is 5.32 Å². The molecule has 0 heterocycles. The Hall–Kier alpha value is -0.390. The summed E-state index contributed by atoms with van der Waals surface area (Å²) >= 11 is 16.9. The zero-order valence-corrected chi connectivity index (χ0v) is 12.7. The Labute approximate surface area is 121 Å². The highest BCUT2D eigenvalue weighted by Gasteiger charge is 2.44. The van der Waals surface area contributed by atoms with Gasteiger partial charge in [0.25, 0.3) is 0 Å². The first-order chi connectivity index (χ1) is 7.88. The minimum Gasteiger partial charge on any atom is -0.480 e. The quantitative estimate of drug-likeness (QED) is 0.781. The lowest BCUT2D eigenvalue weighted by atomic mass is 10.1. The SMILES string of the molecule is CC(C)[C@H](NC(=O)OC(C)(C)C(Cl)(Cl)Cl)C(=O)O. The molecular weight excluding hydrogens is 304 g/mol. The first-order valence-corrected chi connectivity index (χ1v) is 6.31. The Kier molecular flexibility index (Phi) is 6.04. The van der Waals surface area contributed by atoms with Gasteiger partial charge in [-0.1, -0.05) is 48.7 Å². The van der Waals surface area contributed by atoms with Gasteiger partial charge in [-0.05, 0) is 19.8 Å². The highest BCUT2D eigenvalue weighted by molar-refractivity contribution is 6.68. The molecular formula is C10H16Cl3NO4. The normalized spacial score (nSPS) is 14.2. The highest BCUT2D eigenvalue weighted by atomic mass is 35.6. The molecule has 0 rings (SSSR count). The number of alkyl halides is 3. The van der Waals surface area contributed by atoms with Crippen molar-refractivity contribution >= 4 is 46.9 Å². The largest absolute Gasteiger partial charge is 0.480 e. The zero-order valence-electron chi connectivity index (χ0n) is 10.5. The van der Waals surface area contributed by atoms with E-state index in [9.17, 15) is 9.59 Å². The summed E-state index contributed by atoms with van der Waals surface area (Å²) < 4.78 is 3.11. The first-order valence-electron chi connectivity index (χ1n) is 5.17. The van der Waals surface area contributed by atoms with Crippen LogP contribution in [0.1, 0.15) is 27.7 Å². The van der Waals surface area contributed by atoms with E-state index >= 15 is 0 Å². The smallest absolute Gasteiger partial charge is 0.408 e. The molecule has 0 unspecified atom stereocenters. The highest BCUT2D eigenvalue weighted by Crippen LogP contribution is 2.40. The van der Waals surface area contributed by atoms with E-state index in [1.807, 2.05) is 0 Å². The molecule has 106 valence electrons. The van der Waals surface area contributed by atoms with Gasteiger partial charge >= 0.3 is 12.1 Å². The fourth-order valence-corrected chi connectivity index (χ4v) is 1.08. The molecule has 0 aromatic carbocycles. The summed E-state index contributed by atoms with van der Waals surface area (Å²) in [5, 5.41) is 11.1. The van der Waals surface area contributed by atoms with Crippen LogP contribution >= 0.6 is 34.8 Å². The second-order valence-corrected chi connectivity index (χ2v) is 6.88. The fraction of sp³-hybridized carbons (Fsp3) is 0.800. The van der Waals surface area contributed by atoms with Crippen LogP contribution in [0.4, 0.5) is 4.79 Å². The number of ether oxygens (including phenoxy) is 1. The lowest BCUT2D eigenvalue weighted by Gasteiger charge is -2.32. The van der Waals surface area contributed by atoms with Gasteiger partial charge in [0.1, 0.15) is 6.04 Å². The molecule has 0 saturated carbocycles. The van der Waals surface area contributed by atoms with Crippen LogP contribution in [-0.2, 0) is 9.53 Å². The summed E-state index contributed by atoms with van der Waals surface area (Å²) in [6, 6.07) is -1.07. The van der Waals surface area contributed by atoms with Gasteiger partial charge in [0.15, 0.2) is 5.60 Å². The summed E-state index contributed by atoms with van der Waals surface area (Å²) in [5.41, 5.74) is -1.39.